The monoisotopic (exact) mass is 162 g/mol. The average Bonchev–Trinajstić information content (AvgIpc) is 2.13. The maximum atomic E-state index is 5.54. The molecule has 0 aromatic carbocycles. The van der Waals surface area contributed by atoms with Gasteiger partial charge in [-0.2, -0.15) is 5.10 Å². The lowest BCUT2D eigenvalue weighted by molar-refractivity contribution is 0.639. The molecular formula is C5H11ClN4. The minimum absolute atomic E-state index is 0. The second-order valence-electron chi connectivity index (χ2n) is 2.03. The highest BCUT2D eigenvalue weighted by molar-refractivity contribution is 5.85. The van der Waals surface area contributed by atoms with Gasteiger partial charge in [0, 0.05) is 7.05 Å². The van der Waals surface area contributed by atoms with Crippen LogP contribution in [0.3, 0.4) is 0 Å². The summed E-state index contributed by atoms with van der Waals surface area (Å²) >= 11 is 0. The normalized spacial score (nSPS) is 12.3. The fourth-order valence-electron chi connectivity index (χ4n) is 0.717. The molecule has 2 N–H and O–H groups in total. The molecular weight excluding hydrogens is 152 g/mol. The summed E-state index contributed by atoms with van der Waals surface area (Å²) in [4.78, 5) is 3.94. The number of halogens is 1. The van der Waals surface area contributed by atoms with Crippen LogP contribution >= 0.6 is 12.4 Å². The molecule has 0 aliphatic rings. The number of rotatable bonds is 1. The van der Waals surface area contributed by atoms with Gasteiger partial charge in [-0.15, -0.1) is 12.4 Å². The molecule has 4 nitrogen and oxygen atoms in total. The number of hydrogen-bond donors (Lipinski definition) is 1. The Bertz CT molecular complexity index is 195. The summed E-state index contributed by atoms with van der Waals surface area (Å²) in [5.41, 5.74) is 5.54. The molecule has 1 aromatic heterocycles. The van der Waals surface area contributed by atoms with Crippen molar-refractivity contribution in [1.29, 1.82) is 0 Å². The van der Waals surface area contributed by atoms with E-state index < -0.39 is 0 Å². The first kappa shape index (κ1) is 9.39. The first-order chi connectivity index (χ1) is 4.22. The number of hydrogen-bond acceptors (Lipinski definition) is 3. The molecule has 0 bridgehead atoms. The number of nitrogens with zero attached hydrogens (tertiary/aromatic N) is 3. The van der Waals surface area contributed by atoms with E-state index in [0.717, 1.165) is 5.82 Å². The first-order valence-corrected chi connectivity index (χ1v) is 2.81. The molecule has 0 radical (unpaired) electrons. The molecule has 0 saturated carbocycles. The van der Waals surface area contributed by atoms with Crippen LogP contribution in [0.2, 0.25) is 0 Å². The van der Waals surface area contributed by atoms with Crippen molar-refractivity contribution < 1.29 is 0 Å². The highest BCUT2D eigenvalue weighted by atomic mass is 35.5. The van der Waals surface area contributed by atoms with Crippen LogP contribution in [-0.4, -0.2) is 14.8 Å². The van der Waals surface area contributed by atoms with Crippen molar-refractivity contribution in [3.8, 4) is 0 Å². The fraction of sp³-hybridized carbons (Fsp3) is 0.600. The zero-order chi connectivity index (χ0) is 6.85. The first-order valence-electron chi connectivity index (χ1n) is 2.81. The molecule has 0 aliphatic carbocycles. The van der Waals surface area contributed by atoms with E-state index in [1.54, 1.807) is 4.68 Å². The van der Waals surface area contributed by atoms with Crippen LogP contribution in [0.25, 0.3) is 0 Å². The Morgan fingerprint density at radius 2 is 2.30 bits per heavy atom. The van der Waals surface area contributed by atoms with Crippen molar-refractivity contribution in [2.45, 2.75) is 13.0 Å². The van der Waals surface area contributed by atoms with Crippen LogP contribution in [-0.2, 0) is 7.05 Å². The Morgan fingerprint density at radius 1 is 1.70 bits per heavy atom. The smallest absolute Gasteiger partial charge is 0.143 e. The van der Waals surface area contributed by atoms with Crippen LogP contribution in [0.4, 0.5) is 0 Å². The van der Waals surface area contributed by atoms with Crippen molar-refractivity contribution in [2.24, 2.45) is 12.8 Å². The molecule has 5 heteroatoms. The van der Waals surface area contributed by atoms with Gasteiger partial charge in [-0.1, -0.05) is 0 Å². The summed E-state index contributed by atoms with van der Waals surface area (Å²) < 4.78 is 1.67. The third-order valence-corrected chi connectivity index (χ3v) is 1.15. The summed E-state index contributed by atoms with van der Waals surface area (Å²) in [5, 5.41) is 3.86. The van der Waals surface area contributed by atoms with Gasteiger partial charge in [0.25, 0.3) is 0 Å². The van der Waals surface area contributed by atoms with E-state index in [2.05, 4.69) is 10.1 Å². The van der Waals surface area contributed by atoms with Crippen LogP contribution in [0.5, 0.6) is 0 Å². The topological polar surface area (TPSA) is 56.7 Å². The maximum absolute atomic E-state index is 5.54. The van der Waals surface area contributed by atoms with Gasteiger partial charge in [0.2, 0.25) is 0 Å². The fourth-order valence-corrected chi connectivity index (χ4v) is 0.717. The minimum atomic E-state index is -0.0301. The molecule has 0 fully saturated rings. The van der Waals surface area contributed by atoms with Crippen LogP contribution in [0.15, 0.2) is 6.33 Å². The number of aromatic nitrogens is 3. The van der Waals surface area contributed by atoms with Gasteiger partial charge in [0.15, 0.2) is 0 Å². The van der Waals surface area contributed by atoms with E-state index in [-0.39, 0.29) is 18.4 Å². The molecule has 1 rings (SSSR count). The van der Waals surface area contributed by atoms with E-state index >= 15 is 0 Å². The second kappa shape index (κ2) is 3.53. The third kappa shape index (κ3) is 1.68. The van der Waals surface area contributed by atoms with Crippen molar-refractivity contribution in [2.75, 3.05) is 0 Å². The molecule has 0 aliphatic heterocycles. The summed E-state index contributed by atoms with van der Waals surface area (Å²) in [7, 11) is 1.83. The Morgan fingerprint density at radius 3 is 2.50 bits per heavy atom. The lowest BCUT2D eigenvalue weighted by Gasteiger charge is -2.01. The number of aryl methyl sites for hydroxylation is 1. The van der Waals surface area contributed by atoms with E-state index in [1.807, 2.05) is 14.0 Å². The van der Waals surface area contributed by atoms with Crippen LogP contribution in [0, 0.1) is 0 Å². The SMILES string of the molecule is CC(N)c1ncnn1C.Cl. The van der Waals surface area contributed by atoms with Crippen molar-refractivity contribution in [1.82, 2.24) is 14.8 Å². The Labute approximate surface area is 65.8 Å². The van der Waals surface area contributed by atoms with Gasteiger partial charge in [0.1, 0.15) is 12.2 Å². The average molecular weight is 163 g/mol. The molecule has 0 spiro atoms. The van der Waals surface area contributed by atoms with Crippen molar-refractivity contribution in [3.05, 3.63) is 12.2 Å². The van der Waals surface area contributed by atoms with Gasteiger partial charge in [-0.25, -0.2) is 4.98 Å². The molecule has 0 amide bonds. The summed E-state index contributed by atoms with van der Waals surface area (Å²) in [5.74, 6) is 0.815. The predicted molar refractivity (Wildman–Crippen MR) is 40.9 cm³/mol. The van der Waals surface area contributed by atoms with Gasteiger partial charge in [0.05, 0.1) is 6.04 Å². The van der Waals surface area contributed by atoms with E-state index in [1.165, 1.54) is 6.33 Å². The van der Waals surface area contributed by atoms with E-state index in [0.29, 0.717) is 0 Å². The van der Waals surface area contributed by atoms with Gasteiger partial charge >= 0.3 is 0 Å². The Hall–Kier alpha value is -0.610. The van der Waals surface area contributed by atoms with Crippen molar-refractivity contribution >= 4 is 12.4 Å². The molecule has 1 aromatic rings. The Kier molecular flexibility index (Phi) is 3.32. The summed E-state index contributed by atoms with van der Waals surface area (Å²) in [6.45, 7) is 1.88. The highest BCUT2D eigenvalue weighted by Gasteiger charge is 2.03. The van der Waals surface area contributed by atoms with Gasteiger partial charge in [-0.05, 0) is 6.92 Å². The molecule has 1 atom stereocenters. The molecule has 58 valence electrons. The van der Waals surface area contributed by atoms with Gasteiger partial charge < -0.3 is 5.73 Å². The van der Waals surface area contributed by atoms with E-state index in [4.69, 9.17) is 5.73 Å². The predicted octanol–water partition coefficient (Wildman–Crippen LogP) is 0.257. The standard InChI is InChI=1S/C5H10N4.ClH/c1-4(6)5-7-3-8-9(5)2;/h3-4H,6H2,1-2H3;1H. The Balaban J connectivity index is 0.000000810. The maximum Gasteiger partial charge on any atom is 0.143 e. The third-order valence-electron chi connectivity index (χ3n) is 1.15. The largest absolute Gasteiger partial charge is 0.322 e. The van der Waals surface area contributed by atoms with Crippen LogP contribution in [0.1, 0.15) is 18.8 Å². The van der Waals surface area contributed by atoms with Crippen molar-refractivity contribution in [3.63, 3.8) is 0 Å². The second-order valence-corrected chi connectivity index (χ2v) is 2.03. The lowest BCUT2D eigenvalue weighted by atomic mass is 10.3. The van der Waals surface area contributed by atoms with Gasteiger partial charge in [-0.3, -0.25) is 4.68 Å². The molecule has 1 unspecified atom stereocenters. The van der Waals surface area contributed by atoms with Crippen LogP contribution < -0.4 is 5.73 Å². The zero-order valence-corrected chi connectivity index (χ0v) is 6.80. The molecule has 0 saturated heterocycles. The highest BCUT2D eigenvalue weighted by Crippen LogP contribution is 2.00. The minimum Gasteiger partial charge on any atom is -0.322 e. The summed E-state index contributed by atoms with van der Waals surface area (Å²) in [6.07, 6.45) is 1.50. The molecule has 1 heterocycles. The summed E-state index contributed by atoms with van der Waals surface area (Å²) in [6, 6.07) is -0.0301. The number of nitrogens with two attached hydrogens (primary N) is 1. The van der Waals surface area contributed by atoms with E-state index in [9.17, 15) is 0 Å². The molecule has 10 heavy (non-hydrogen) atoms. The quantitative estimate of drug-likeness (QED) is 0.645. The lowest BCUT2D eigenvalue weighted by Crippen LogP contribution is -2.11. The zero-order valence-electron chi connectivity index (χ0n) is 5.98.